The SMILES string of the molecule is Cn1ncnc1CN1CCC2(CC1)OCCO2. The lowest BCUT2D eigenvalue weighted by Gasteiger charge is -2.37. The van der Waals surface area contributed by atoms with Crippen molar-refractivity contribution in [3.05, 3.63) is 12.2 Å². The molecule has 17 heavy (non-hydrogen) atoms. The van der Waals surface area contributed by atoms with Gasteiger partial charge in [0.1, 0.15) is 12.2 Å². The summed E-state index contributed by atoms with van der Waals surface area (Å²) in [6.07, 6.45) is 3.50. The molecule has 0 N–H and O–H groups in total. The van der Waals surface area contributed by atoms with E-state index in [4.69, 9.17) is 9.47 Å². The van der Waals surface area contributed by atoms with Crippen molar-refractivity contribution in [2.24, 2.45) is 7.05 Å². The predicted octanol–water partition coefficient (Wildman–Crippen LogP) is 0.154. The van der Waals surface area contributed by atoms with Crippen molar-refractivity contribution in [3.8, 4) is 0 Å². The van der Waals surface area contributed by atoms with Crippen LogP contribution in [0, 0.1) is 0 Å². The fourth-order valence-electron chi connectivity index (χ4n) is 2.50. The van der Waals surface area contributed by atoms with Gasteiger partial charge in [0.05, 0.1) is 19.8 Å². The number of piperidine rings is 1. The summed E-state index contributed by atoms with van der Waals surface area (Å²) in [5.41, 5.74) is 0. The van der Waals surface area contributed by atoms with E-state index in [2.05, 4.69) is 15.0 Å². The van der Waals surface area contributed by atoms with Crippen molar-refractivity contribution < 1.29 is 9.47 Å². The molecule has 0 aromatic carbocycles. The van der Waals surface area contributed by atoms with Crippen LogP contribution in [0.25, 0.3) is 0 Å². The standard InChI is InChI=1S/C11H18N4O2/c1-14-10(12-9-13-14)8-15-4-2-11(3-5-15)16-6-7-17-11/h9H,2-8H2,1H3. The van der Waals surface area contributed by atoms with Gasteiger partial charge in [-0.1, -0.05) is 0 Å². The second-order valence-electron chi connectivity index (χ2n) is 4.68. The Morgan fingerprint density at radius 1 is 1.29 bits per heavy atom. The van der Waals surface area contributed by atoms with E-state index in [9.17, 15) is 0 Å². The number of aromatic nitrogens is 3. The van der Waals surface area contributed by atoms with Gasteiger partial charge in [-0.05, 0) is 0 Å². The van der Waals surface area contributed by atoms with Gasteiger partial charge in [-0.2, -0.15) is 5.10 Å². The van der Waals surface area contributed by atoms with E-state index in [1.807, 2.05) is 11.7 Å². The first-order valence-electron chi connectivity index (χ1n) is 6.11. The summed E-state index contributed by atoms with van der Waals surface area (Å²) in [4.78, 5) is 6.62. The molecule has 2 fully saturated rings. The first-order chi connectivity index (χ1) is 8.27. The number of hydrogen-bond acceptors (Lipinski definition) is 5. The smallest absolute Gasteiger partial charge is 0.170 e. The molecule has 0 unspecified atom stereocenters. The summed E-state index contributed by atoms with van der Waals surface area (Å²) in [5.74, 6) is 0.727. The van der Waals surface area contributed by atoms with Gasteiger partial charge in [-0.3, -0.25) is 9.58 Å². The lowest BCUT2D eigenvalue weighted by Crippen LogP contribution is -2.45. The molecule has 0 saturated carbocycles. The van der Waals surface area contributed by atoms with Crippen LogP contribution in [-0.4, -0.2) is 51.8 Å². The Morgan fingerprint density at radius 2 is 2.00 bits per heavy atom. The molecule has 0 bridgehead atoms. The van der Waals surface area contributed by atoms with Gasteiger partial charge in [-0.15, -0.1) is 0 Å². The molecule has 1 spiro atoms. The van der Waals surface area contributed by atoms with Crippen LogP contribution >= 0.6 is 0 Å². The second-order valence-corrected chi connectivity index (χ2v) is 4.68. The van der Waals surface area contributed by atoms with Crippen molar-refractivity contribution >= 4 is 0 Å². The Morgan fingerprint density at radius 3 is 2.59 bits per heavy atom. The maximum atomic E-state index is 5.71. The monoisotopic (exact) mass is 238 g/mol. The first-order valence-corrected chi connectivity index (χ1v) is 6.11. The highest BCUT2D eigenvalue weighted by atomic mass is 16.7. The summed E-state index contributed by atoms with van der Waals surface area (Å²) < 4.78 is 13.2. The third kappa shape index (κ3) is 2.20. The minimum atomic E-state index is -0.281. The van der Waals surface area contributed by atoms with Crippen LogP contribution in [0.4, 0.5) is 0 Å². The molecule has 2 aliphatic rings. The zero-order valence-corrected chi connectivity index (χ0v) is 10.1. The Balaban J connectivity index is 1.56. The molecule has 0 amide bonds. The highest BCUT2D eigenvalue weighted by Crippen LogP contribution is 2.31. The quantitative estimate of drug-likeness (QED) is 0.734. The van der Waals surface area contributed by atoms with E-state index in [1.54, 1.807) is 6.33 Å². The molecule has 0 atom stereocenters. The fourth-order valence-corrected chi connectivity index (χ4v) is 2.50. The molecule has 6 nitrogen and oxygen atoms in total. The van der Waals surface area contributed by atoms with Crippen molar-refractivity contribution in [1.82, 2.24) is 19.7 Å². The zero-order valence-electron chi connectivity index (χ0n) is 10.1. The molecule has 2 aliphatic heterocycles. The summed E-state index contributed by atoms with van der Waals surface area (Å²) in [5, 5.41) is 4.08. The number of hydrogen-bond donors (Lipinski definition) is 0. The van der Waals surface area contributed by atoms with E-state index in [-0.39, 0.29) is 5.79 Å². The summed E-state index contributed by atoms with van der Waals surface area (Å²) in [6, 6.07) is 0. The highest BCUT2D eigenvalue weighted by Gasteiger charge is 2.39. The van der Waals surface area contributed by atoms with E-state index < -0.39 is 0 Å². The van der Waals surface area contributed by atoms with E-state index in [0.717, 1.165) is 51.5 Å². The van der Waals surface area contributed by atoms with Crippen LogP contribution in [0.3, 0.4) is 0 Å². The van der Waals surface area contributed by atoms with E-state index >= 15 is 0 Å². The zero-order chi connectivity index (χ0) is 11.7. The molecule has 1 aromatic heterocycles. The lowest BCUT2D eigenvalue weighted by atomic mass is 10.0. The van der Waals surface area contributed by atoms with E-state index in [1.165, 1.54) is 0 Å². The molecule has 1 aromatic rings. The number of nitrogens with zero attached hydrogens (tertiary/aromatic N) is 4. The highest BCUT2D eigenvalue weighted by molar-refractivity contribution is 4.88. The molecule has 3 rings (SSSR count). The number of ether oxygens (including phenoxy) is 2. The largest absolute Gasteiger partial charge is 0.347 e. The Labute approximate surface area is 101 Å². The van der Waals surface area contributed by atoms with Crippen molar-refractivity contribution in [3.63, 3.8) is 0 Å². The molecule has 6 heteroatoms. The van der Waals surface area contributed by atoms with Crippen LogP contribution in [0.5, 0.6) is 0 Å². The Hall–Kier alpha value is -0.980. The van der Waals surface area contributed by atoms with Gasteiger partial charge in [0.2, 0.25) is 0 Å². The predicted molar refractivity (Wildman–Crippen MR) is 60.1 cm³/mol. The van der Waals surface area contributed by atoms with Crippen LogP contribution in [-0.2, 0) is 23.1 Å². The minimum Gasteiger partial charge on any atom is -0.347 e. The number of likely N-dealkylation sites (tertiary alicyclic amines) is 1. The Bertz CT molecular complexity index is 377. The minimum absolute atomic E-state index is 0.281. The summed E-state index contributed by atoms with van der Waals surface area (Å²) in [6.45, 7) is 4.32. The van der Waals surface area contributed by atoms with Gasteiger partial charge in [-0.25, -0.2) is 4.98 Å². The lowest BCUT2D eigenvalue weighted by molar-refractivity contribution is -0.186. The molecule has 0 radical (unpaired) electrons. The molecule has 2 saturated heterocycles. The van der Waals surface area contributed by atoms with Gasteiger partial charge in [0.25, 0.3) is 0 Å². The van der Waals surface area contributed by atoms with Crippen molar-refractivity contribution in [2.45, 2.75) is 25.2 Å². The van der Waals surface area contributed by atoms with Crippen LogP contribution < -0.4 is 0 Å². The molecular weight excluding hydrogens is 220 g/mol. The van der Waals surface area contributed by atoms with Gasteiger partial charge < -0.3 is 9.47 Å². The maximum Gasteiger partial charge on any atom is 0.170 e. The average Bonchev–Trinajstić information content (AvgIpc) is 2.94. The van der Waals surface area contributed by atoms with Crippen LogP contribution in [0.15, 0.2) is 6.33 Å². The van der Waals surface area contributed by atoms with Crippen LogP contribution in [0.1, 0.15) is 18.7 Å². The third-order valence-corrected chi connectivity index (χ3v) is 3.60. The maximum absolute atomic E-state index is 5.71. The van der Waals surface area contributed by atoms with E-state index in [0.29, 0.717) is 0 Å². The molecule has 3 heterocycles. The van der Waals surface area contributed by atoms with Crippen molar-refractivity contribution in [1.29, 1.82) is 0 Å². The average molecular weight is 238 g/mol. The van der Waals surface area contributed by atoms with Gasteiger partial charge in [0, 0.05) is 33.0 Å². The summed E-state index contributed by atoms with van der Waals surface area (Å²) in [7, 11) is 1.93. The van der Waals surface area contributed by atoms with Crippen LogP contribution in [0.2, 0.25) is 0 Å². The summed E-state index contributed by atoms with van der Waals surface area (Å²) >= 11 is 0. The van der Waals surface area contributed by atoms with Crippen molar-refractivity contribution in [2.75, 3.05) is 26.3 Å². The topological polar surface area (TPSA) is 52.4 Å². The second kappa shape index (κ2) is 4.36. The number of rotatable bonds is 2. The molecule has 0 aliphatic carbocycles. The van der Waals surface area contributed by atoms with Gasteiger partial charge in [0.15, 0.2) is 5.79 Å². The molecular formula is C11H18N4O2. The third-order valence-electron chi connectivity index (χ3n) is 3.60. The fraction of sp³-hybridized carbons (Fsp3) is 0.818. The number of aryl methyl sites for hydroxylation is 1. The molecule has 94 valence electrons. The first kappa shape index (κ1) is 11.1. The van der Waals surface area contributed by atoms with Gasteiger partial charge >= 0.3 is 0 Å². The normalized spacial score (nSPS) is 24.5. The Kier molecular flexibility index (Phi) is 2.85.